The highest BCUT2D eigenvalue weighted by Gasteiger charge is 1.94. The number of rotatable bonds is 1. The van der Waals surface area contributed by atoms with Crippen molar-refractivity contribution in [3.63, 3.8) is 0 Å². The Morgan fingerprint density at radius 1 is 1.08 bits per heavy atom. The van der Waals surface area contributed by atoms with Crippen LogP contribution in [0.3, 0.4) is 0 Å². The molecule has 4 nitrogen and oxygen atoms in total. The summed E-state index contributed by atoms with van der Waals surface area (Å²) in [5.74, 6) is 1.21. The summed E-state index contributed by atoms with van der Waals surface area (Å²) >= 11 is 0. The number of nitrogen functional groups attached to an aromatic ring is 1. The fourth-order valence-corrected chi connectivity index (χ4v) is 0.961. The van der Waals surface area contributed by atoms with E-state index in [-0.39, 0.29) is 0 Å². The molecule has 12 heavy (non-hydrogen) atoms. The van der Waals surface area contributed by atoms with Crippen LogP contribution in [0.2, 0.25) is 0 Å². The van der Waals surface area contributed by atoms with Crippen LogP contribution in [-0.2, 0) is 0 Å². The predicted octanol–water partition coefficient (Wildman–Crippen LogP) is 0.849. The number of hydrogen-bond donors (Lipinski definition) is 1. The van der Waals surface area contributed by atoms with Gasteiger partial charge in [0.05, 0.1) is 0 Å². The quantitative estimate of drug-likeness (QED) is 0.672. The first kappa shape index (κ1) is 6.84. The summed E-state index contributed by atoms with van der Waals surface area (Å²) in [5.41, 5.74) is 5.40. The van der Waals surface area contributed by atoms with Crippen molar-refractivity contribution < 1.29 is 0 Å². The molecule has 0 aliphatic carbocycles. The molecule has 4 heteroatoms. The Balaban J connectivity index is 2.43. The minimum absolute atomic E-state index is 0.436. The van der Waals surface area contributed by atoms with Gasteiger partial charge >= 0.3 is 0 Å². The maximum absolute atomic E-state index is 5.40. The van der Waals surface area contributed by atoms with E-state index in [0.29, 0.717) is 5.82 Å². The van der Waals surface area contributed by atoms with Crippen molar-refractivity contribution in [1.29, 1.82) is 0 Å². The van der Waals surface area contributed by atoms with Crippen molar-refractivity contribution in [2.45, 2.75) is 0 Å². The summed E-state index contributed by atoms with van der Waals surface area (Å²) in [6, 6.07) is 7.40. The van der Waals surface area contributed by atoms with Crippen LogP contribution in [0.5, 0.6) is 0 Å². The highest BCUT2D eigenvalue weighted by atomic mass is 15.2. The Morgan fingerprint density at radius 2 is 1.83 bits per heavy atom. The second kappa shape index (κ2) is 2.65. The van der Waals surface area contributed by atoms with Crippen LogP contribution in [0.25, 0.3) is 5.82 Å². The molecule has 0 unspecified atom stereocenters. The first-order valence-electron chi connectivity index (χ1n) is 3.59. The van der Waals surface area contributed by atoms with Gasteiger partial charge in [-0.2, -0.15) is 0 Å². The molecule has 60 valence electrons. The molecule has 0 aromatic carbocycles. The van der Waals surface area contributed by atoms with Gasteiger partial charge in [0, 0.05) is 12.4 Å². The Bertz CT molecular complexity index is 349. The van der Waals surface area contributed by atoms with Gasteiger partial charge in [-0.15, -0.1) is 10.2 Å². The van der Waals surface area contributed by atoms with E-state index in [2.05, 4.69) is 10.2 Å². The van der Waals surface area contributed by atoms with Crippen molar-refractivity contribution in [2.24, 2.45) is 0 Å². The number of aromatic nitrogens is 3. The van der Waals surface area contributed by atoms with E-state index in [1.807, 2.05) is 35.2 Å². The molecule has 0 aliphatic heterocycles. The molecule has 2 aromatic rings. The molecule has 0 aliphatic rings. The Labute approximate surface area is 69.7 Å². The van der Waals surface area contributed by atoms with Crippen molar-refractivity contribution in [1.82, 2.24) is 14.8 Å². The van der Waals surface area contributed by atoms with E-state index in [9.17, 15) is 0 Å². The van der Waals surface area contributed by atoms with Crippen LogP contribution in [0.4, 0.5) is 5.82 Å². The summed E-state index contributed by atoms with van der Waals surface area (Å²) in [5, 5.41) is 7.65. The molecule has 0 atom stereocenters. The summed E-state index contributed by atoms with van der Waals surface area (Å²) in [6.07, 6.45) is 3.81. The van der Waals surface area contributed by atoms with Gasteiger partial charge in [0.2, 0.25) is 0 Å². The first-order chi connectivity index (χ1) is 5.86. The third-order valence-electron chi connectivity index (χ3n) is 1.54. The SMILES string of the molecule is Nc1ccc(-n2cccc2)nn1. The maximum atomic E-state index is 5.40. The predicted molar refractivity (Wildman–Crippen MR) is 45.8 cm³/mol. The third-order valence-corrected chi connectivity index (χ3v) is 1.54. The number of anilines is 1. The van der Waals surface area contributed by atoms with Crippen LogP contribution in [0.1, 0.15) is 0 Å². The second-order valence-electron chi connectivity index (χ2n) is 2.41. The van der Waals surface area contributed by atoms with Gasteiger partial charge in [0.25, 0.3) is 0 Å². The van der Waals surface area contributed by atoms with E-state index in [4.69, 9.17) is 5.73 Å². The van der Waals surface area contributed by atoms with E-state index in [1.54, 1.807) is 6.07 Å². The van der Waals surface area contributed by atoms with Crippen LogP contribution in [0.15, 0.2) is 36.7 Å². The smallest absolute Gasteiger partial charge is 0.159 e. The zero-order valence-corrected chi connectivity index (χ0v) is 6.38. The van der Waals surface area contributed by atoms with E-state index < -0.39 is 0 Å². The average molecular weight is 160 g/mol. The Morgan fingerprint density at radius 3 is 2.42 bits per heavy atom. The summed E-state index contributed by atoms with van der Waals surface area (Å²) < 4.78 is 1.87. The lowest BCUT2D eigenvalue weighted by atomic mass is 10.5. The largest absolute Gasteiger partial charge is 0.382 e. The lowest BCUT2D eigenvalue weighted by Gasteiger charge is -1.98. The number of nitrogens with two attached hydrogens (primary N) is 1. The standard InChI is InChI=1S/C8H8N4/c9-7-3-4-8(11-10-7)12-5-1-2-6-12/h1-6H,(H2,9,10). The van der Waals surface area contributed by atoms with Crippen molar-refractivity contribution in [3.05, 3.63) is 36.7 Å². The number of hydrogen-bond acceptors (Lipinski definition) is 3. The Hall–Kier alpha value is -1.84. The highest BCUT2D eigenvalue weighted by Crippen LogP contribution is 2.03. The van der Waals surface area contributed by atoms with Gasteiger partial charge in [0.15, 0.2) is 5.82 Å². The van der Waals surface area contributed by atoms with Crippen LogP contribution < -0.4 is 5.73 Å². The molecule has 2 heterocycles. The zero-order valence-electron chi connectivity index (χ0n) is 6.38. The fourth-order valence-electron chi connectivity index (χ4n) is 0.961. The van der Waals surface area contributed by atoms with Gasteiger partial charge < -0.3 is 10.3 Å². The molecule has 0 radical (unpaired) electrons. The van der Waals surface area contributed by atoms with Gasteiger partial charge in [-0.3, -0.25) is 0 Å². The minimum Gasteiger partial charge on any atom is -0.382 e. The summed E-state index contributed by atoms with van der Waals surface area (Å²) in [4.78, 5) is 0. The monoisotopic (exact) mass is 160 g/mol. The zero-order chi connectivity index (χ0) is 8.39. The van der Waals surface area contributed by atoms with Gasteiger partial charge in [-0.1, -0.05) is 0 Å². The topological polar surface area (TPSA) is 56.7 Å². The normalized spacial score (nSPS) is 10.0. The summed E-state index contributed by atoms with van der Waals surface area (Å²) in [6.45, 7) is 0. The highest BCUT2D eigenvalue weighted by molar-refractivity contribution is 5.31. The Kier molecular flexibility index (Phi) is 1.51. The lowest BCUT2D eigenvalue weighted by molar-refractivity contribution is 0.925. The van der Waals surface area contributed by atoms with E-state index in [0.717, 1.165) is 5.82 Å². The average Bonchev–Trinajstić information content (AvgIpc) is 2.58. The number of nitrogens with zero attached hydrogens (tertiary/aromatic N) is 3. The molecule has 2 aromatic heterocycles. The minimum atomic E-state index is 0.436. The molecular formula is C8H8N4. The van der Waals surface area contributed by atoms with Crippen LogP contribution in [-0.4, -0.2) is 14.8 Å². The third kappa shape index (κ3) is 1.14. The van der Waals surface area contributed by atoms with Gasteiger partial charge in [-0.25, -0.2) is 0 Å². The van der Waals surface area contributed by atoms with Gasteiger partial charge in [-0.05, 0) is 24.3 Å². The van der Waals surface area contributed by atoms with Crippen LogP contribution >= 0.6 is 0 Å². The summed E-state index contributed by atoms with van der Waals surface area (Å²) in [7, 11) is 0. The molecular weight excluding hydrogens is 152 g/mol. The van der Waals surface area contributed by atoms with E-state index >= 15 is 0 Å². The lowest BCUT2D eigenvalue weighted by Crippen LogP contribution is -1.98. The molecule has 0 saturated carbocycles. The van der Waals surface area contributed by atoms with Gasteiger partial charge in [0.1, 0.15) is 5.82 Å². The molecule has 0 fully saturated rings. The molecule has 0 bridgehead atoms. The van der Waals surface area contributed by atoms with Crippen molar-refractivity contribution in [2.75, 3.05) is 5.73 Å². The molecule has 0 saturated heterocycles. The molecule has 0 amide bonds. The first-order valence-corrected chi connectivity index (χ1v) is 3.59. The molecule has 2 N–H and O–H groups in total. The molecule has 0 spiro atoms. The van der Waals surface area contributed by atoms with Crippen molar-refractivity contribution in [3.8, 4) is 5.82 Å². The van der Waals surface area contributed by atoms with Crippen molar-refractivity contribution >= 4 is 5.82 Å². The fraction of sp³-hybridized carbons (Fsp3) is 0. The molecule has 2 rings (SSSR count). The van der Waals surface area contributed by atoms with Crippen LogP contribution in [0, 0.1) is 0 Å². The maximum Gasteiger partial charge on any atom is 0.159 e. The van der Waals surface area contributed by atoms with E-state index in [1.165, 1.54) is 0 Å². The second-order valence-corrected chi connectivity index (χ2v) is 2.41.